The summed E-state index contributed by atoms with van der Waals surface area (Å²) in [5.74, 6) is -2.32. The number of thiocarbonyl (C=S) groups is 1. The molecule has 20 heavy (non-hydrogen) atoms. The summed E-state index contributed by atoms with van der Waals surface area (Å²) in [6.45, 7) is -0.0600. The molecule has 0 saturated heterocycles. The van der Waals surface area contributed by atoms with Crippen LogP contribution in [0.3, 0.4) is 0 Å². The molecule has 0 heterocycles. The molecule has 2 N–H and O–H groups in total. The van der Waals surface area contributed by atoms with E-state index in [0.717, 1.165) is 12.1 Å². The Morgan fingerprint density at radius 3 is 2.45 bits per heavy atom. The van der Waals surface area contributed by atoms with E-state index in [2.05, 4.69) is 0 Å². The van der Waals surface area contributed by atoms with Gasteiger partial charge in [-0.15, -0.1) is 0 Å². The largest absolute Gasteiger partial charge is 0.489 e. The molecule has 2 rings (SSSR count). The van der Waals surface area contributed by atoms with Crippen molar-refractivity contribution in [2.45, 2.75) is 6.61 Å². The third-order valence-electron chi connectivity index (χ3n) is 2.62. The highest BCUT2D eigenvalue weighted by Crippen LogP contribution is 2.19. The second kappa shape index (κ2) is 5.92. The third kappa shape index (κ3) is 3.27. The lowest BCUT2D eigenvalue weighted by atomic mass is 10.1. The number of benzene rings is 2. The van der Waals surface area contributed by atoms with Crippen LogP contribution in [0.1, 0.15) is 11.1 Å². The normalized spacial score (nSPS) is 10.3. The second-order valence-corrected chi connectivity index (χ2v) is 4.47. The number of halogens is 3. The Labute approximate surface area is 119 Å². The minimum absolute atomic E-state index is 0.0600. The van der Waals surface area contributed by atoms with Crippen LogP contribution >= 0.6 is 12.2 Å². The highest BCUT2D eigenvalue weighted by Gasteiger charge is 2.09. The fourth-order valence-corrected chi connectivity index (χ4v) is 1.85. The van der Waals surface area contributed by atoms with Gasteiger partial charge in [0, 0.05) is 17.2 Å². The molecule has 0 bridgehead atoms. The molecule has 0 unspecified atom stereocenters. The van der Waals surface area contributed by atoms with Crippen molar-refractivity contribution in [3.8, 4) is 5.75 Å². The van der Waals surface area contributed by atoms with Gasteiger partial charge < -0.3 is 10.5 Å². The maximum absolute atomic E-state index is 13.2. The third-order valence-corrected chi connectivity index (χ3v) is 2.84. The van der Waals surface area contributed by atoms with Gasteiger partial charge in [-0.3, -0.25) is 0 Å². The SMILES string of the molecule is NC(=S)c1ccc(F)cc1COc1ccc(F)c(F)c1. The number of rotatable bonds is 4. The molecule has 104 valence electrons. The van der Waals surface area contributed by atoms with Crippen molar-refractivity contribution in [3.63, 3.8) is 0 Å². The van der Waals surface area contributed by atoms with Crippen LogP contribution < -0.4 is 10.5 Å². The van der Waals surface area contributed by atoms with Crippen LogP contribution in [0.2, 0.25) is 0 Å². The van der Waals surface area contributed by atoms with E-state index in [9.17, 15) is 13.2 Å². The minimum Gasteiger partial charge on any atom is -0.489 e. The first-order chi connectivity index (χ1) is 9.47. The Kier molecular flexibility index (Phi) is 4.24. The van der Waals surface area contributed by atoms with Crippen LogP contribution in [0.25, 0.3) is 0 Å². The van der Waals surface area contributed by atoms with Crippen molar-refractivity contribution >= 4 is 17.2 Å². The Morgan fingerprint density at radius 2 is 1.80 bits per heavy atom. The monoisotopic (exact) mass is 297 g/mol. The lowest BCUT2D eigenvalue weighted by Gasteiger charge is -2.10. The zero-order valence-corrected chi connectivity index (χ0v) is 11.0. The predicted octanol–water partition coefficient (Wildman–Crippen LogP) is 3.32. The summed E-state index contributed by atoms with van der Waals surface area (Å²) in [4.78, 5) is 0.105. The average Bonchev–Trinajstić information content (AvgIpc) is 2.40. The topological polar surface area (TPSA) is 35.2 Å². The predicted molar refractivity (Wildman–Crippen MR) is 73.0 cm³/mol. The van der Waals surface area contributed by atoms with Gasteiger partial charge in [0.25, 0.3) is 0 Å². The standard InChI is InChI=1S/C14H10F3NOS/c15-9-1-3-11(14(18)20)8(5-9)7-19-10-2-4-12(16)13(17)6-10/h1-6H,7H2,(H2,18,20). The molecule has 0 aliphatic rings. The number of hydrogen-bond acceptors (Lipinski definition) is 2. The van der Waals surface area contributed by atoms with E-state index < -0.39 is 17.5 Å². The first kappa shape index (κ1) is 14.3. The van der Waals surface area contributed by atoms with E-state index in [1.54, 1.807) is 0 Å². The van der Waals surface area contributed by atoms with Gasteiger partial charge in [0.05, 0.1) is 0 Å². The summed E-state index contributed by atoms with van der Waals surface area (Å²) in [7, 11) is 0. The lowest BCUT2D eigenvalue weighted by Crippen LogP contribution is -2.13. The van der Waals surface area contributed by atoms with Gasteiger partial charge in [-0.2, -0.15) is 0 Å². The quantitative estimate of drug-likeness (QED) is 0.879. The average molecular weight is 297 g/mol. The van der Waals surface area contributed by atoms with E-state index in [1.165, 1.54) is 24.3 Å². The molecule has 6 heteroatoms. The van der Waals surface area contributed by atoms with Gasteiger partial charge >= 0.3 is 0 Å². The molecule has 0 fully saturated rings. The van der Waals surface area contributed by atoms with Crippen LogP contribution in [0.4, 0.5) is 13.2 Å². The van der Waals surface area contributed by atoms with E-state index >= 15 is 0 Å². The van der Waals surface area contributed by atoms with Gasteiger partial charge in [-0.25, -0.2) is 13.2 Å². The Bertz CT molecular complexity index is 661. The first-order valence-electron chi connectivity index (χ1n) is 5.63. The van der Waals surface area contributed by atoms with Crippen molar-refractivity contribution < 1.29 is 17.9 Å². The van der Waals surface area contributed by atoms with Gasteiger partial charge in [0.1, 0.15) is 23.2 Å². The zero-order chi connectivity index (χ0) is 14.7. The van der Waals surface area contributed by atoms with Gasteiger partial charge in [-0.05, 0) is 30.3 Å². The van der Waals surface area contributed by atoms with E-state index in [4.69, 9.17) is 22.7 Å². The minimum atomic E-state index is -1.02. The summed E-state index contributed by atoms with van der Waals surface area (Å²) >= 11 is 4.85. The summed E-state index contributed by atoms with van der Waals surface area (Å²) in [6, 6.07) is 7.05. The molecular formula is C14H10F3NOS. The van der Waals surface area contributed by atoms with E-state index in [-0.39, 0.29) is 17.3 Å². The fraction of sp³-hybridized carbons (Fsp3) is 0.0714. The van der Waals surface area contributed by atoms with Gasteiger partial charge in [0.15, 0.2) is 11.6 Å². The summed E-state index contributed by atoms with van der Waals surface area (Å²) in [5, 5.41) is 0. The number of ether oxygens (including phenoxy) is 1. The van der Waals surface area contributed by atoms with Gasteiger partial charge in [0.2, 0.25) is 0 Å². The molecule has 0 aliphatic carbocycles. The van der Waals surface area contributed by atoms with Crippen LogP contribution in [0.5, 0.6) is 5.75 Å². The Morgan fingerprint density at radius 1 is 1.05 bits per heavy atom. The summed E-state index contributed by atoms with van der Waals surface area (Å²) in [6.07, 6.45) is 0. The summed E-state index contributed by atoms with van der Waals surface area (Å²) in [5.41, 5.74) is 6.43. The molecule has 2 aromatic carbocycles. The van der Waals surface area contributed by atoms with Crippen molar-refractivity contribution in [1.82, 2.24) is 0 Å². The lowest BCUT2D eigenvalue weighted by molar-refractivity contribution is 0.302. The van der Waals surface area contributed by atoms with Crippen molar-refractivity contribution in [3.05, 3.63) is 65.0 Å². The van der Waals surface area contributed by atoms with Crippen molar-refractivity contribution in [2.75, 3.05) is 0 Å². The molecule has 0 radical (unpaired) electrons. The molecule has 2 aromatic rings. The highest BCUT2D eigenvalue weighted by molar-refractivity contribution is 7.80. The maximum Gasteiger partial charge on any atom is 0.162 e. The van der Waals surface area contributed by atoms with Crippen LogP contribution in [-0.4, -0.2) is 4.99 Å². The molecule has 0 atom stereocenters. The van der Waals surface area contributed by atoms with Crippen molar-refractivity contribution in [1.29, 1.82) is 0 Å². The Hall–Kier alpha value is -2.08. The molecule has 2 nitrogen and oxygen atoms in total. The van der Waals surface area contributed by atoms with Crippen LogP contribution in [0.15, 0.2) is 36.4 Å². The fourth-order valence-electron chi connectivity index (χ4n) is 1.65. The molecule has 0 aromatic heterocycles. The molecule has 0 aliphatic heterocycles. The maximum atomic E-state index is 13.2. The van der Waals surface area contributed by atoms with Crippen molar-refractivity contribution in [2.24, 2.45) is 5.73 Å². The number of nitrogens with two attached hydrogens (primary N) is 1. The van der Waals surface area contributed by atoms with E-state index in [1.807, 2.05) is 0 Å². The number of hydrogen-bond donors (Lipinski definition) is 1. The highest BCUT2D eigenvalue weighted by atomic mass is 32.1. The smallest absolute Gasteiger partial charge is 0.162 e. The Balaban J connectivity index is 2.20. The molecular weight excluding hydrogens is 287 g/mol. The second-order valence-electron chi connectivity index (χ2n) is 4.03. The zero-order valence-electron chi connectivity index (χ0n) is 10.2. The summed E-state index contributed by atoms with van der Waals surface area (Å²) < 4.78 is 44.3. The van der Waals surface area contributed by atoms with Gasteiger partial charge in [-0.1, -0.05) is 12.2 Å². The van der Waals surface area contributed by atoms with Crippen LogP contribution in [0, 0.1) is 17.5 Å². The molecule has 0 amide bonds. The van der Waals surface area contributed by atoms with Crippen LogP contribution in [-0.2, 0) is 6.61 Å². The van der Waals surface area contributed by atoms with E-state index in [0.29, 0.717) is 11.1 Å². The molecule has 0 spiro atoms. The molecule has 0 saturated carbocycles. The first-order valence-corrected chi connectivity index (χ1v) is 6.04.